The van der Waals surface area contributed by atoms with E-state index in [0.29, 0.717) is 6.67 Å². The monoisotopic (exact) mass is 961 g/mol. The Morgan fingerprint density at radius 2 is 0.890 bits per heavy atom. The van der Waals surface area contributed by atoms with Crippen LogP contribution >= 0.6 is 0 Å². The second-order valence-corrected chi connectivity index (χ2v) is 24.3. The van der Waals surface area contributed by atoms with Crippen molar-refractivity contribution in [3.63, 3.8) is 0 Å². The van der Waals surface area contributed by atoms with Gasteiger partial charge in [0.2, 0.25) is 0 Å². The van der Waals surface area contributed by atoms with Crippen molar-refractivity contribution in [1.29, 1.82) is 0 Å². The van der Waals surface area contributed by atoms with E-state index in [2.05, 4.69) is 286 Å². The third-order valence-electron chi connectivity index (χ3n) is 15.2. The molecule has 0 radical (unpaired) electrons. The number of aromatic nitrogens is 2. The Morgan fingerprint density at radius 1 is 0.384 bits per heavy atom. The quantitative estimate of drug-likeness (QED) is 0.137. The van der Waals surface area contributed by atoms with Crippen molar-refractivity contribution >= 4 is 33.2 Å². The molecule has 1 aliphatic rings. The predicted molar refractivity (Wildman–Crippen MR) is 309 cm³/mol. The van der Waals surface area contributed by atoms with Crippen molar-refractivity contribution < 1.29 is 4.74 Å². The van der Waals surface area contributed by atoms with Crippen LogP contribution in [0.2, 0.25) is 0 Å². The lowest BCUT2D eigenvalue weighted by atomic mass is 9.73. The van der Waals surface area contributed by atoms with Gasteiger partial charge in [0.05, 0.1) is 29.1 Å². The maximum absolute atomic E-state index is 7.20. The Balaban J connectivity index is 1.19. The molecule has 0 atom stereocenters. The summed E-state index contributed by atoms with van der Waals surface area (Å²) in [6.07, 6.45) is 1.94. The lowest BCUT2D eigenvalue weighted by Gasteiger charge is -2.38. The molecule has 0 aliphatic carbocycles. The molecule has 7 aromatic carbocycles. The summed E-state index contributed by atoms with van der Waals surface area (Å²) in [7, 11) is 0. The molecule has 9 aromatic rings. The van der Waals surface area contributed by atoms with Crippen LogP contribution < -0.4 is 14.5 Å². The minimum absolute atomic E-state index is 0.0299. The average molecular weight is 961 g/mol. The summed E-state index contributed by atoms with van der Waals surface area (Å²) < 4.78 is 9.49. The van der Waals surface area contributed by atoms with Gasteiger partial charge in [0.15, 0.2) is 0 Å². The zero-order chi connectivity index (χ0) is 51.7. The number of anilines is 2. The maximum Gasteiger partial charge on any atom is 0.137 e. The van der Waals surface area contributed by atoms with Gasteiger partial charge in [-0.25, -0.2) is 4.98 Å². The third-order valence-corrected chi connectivity index (χ3v) is 15.2. The van der Waals surface area contributed by atoms with E-state index in [-0.39, 0.29) is 16.2 Å². The van der Waals surface area contributed by atoms with Gasteiger partial charge in [-0.15, -0.1) is 0 Å². The number of hydrogen-bond donors (Lipinski definition) is 0. The average Bonchev–Trinajstić information content (AvgIpc) is 3.95. The van der Waals surface area contributed by atoms with Crippen molar-refractivity contribution in [3.8, 4) is 28.4 Å². The van der Waals surface area contributed by atoms with E-state index in [4.69, 9.17) is 9.72 Å². The van der Waals surface area contributed by atoms with Gasteiger partial charge < -0.3 is 14.5 Å². The van der Waals surface area contributed by atoms with Crippen LogP contribution in [0.4, 0.5) is 11.4 Å². The first-order valence-corrected chi connectivity index (χ1v) is 26.0. The molecule has 0 saturated heterocycles. The number of ether oxygens (including phenoxy) is 1. The van der Waals surface area contributed by atoms with Gasteiger partial charge in [-0.1, -0.05) is 205 Å². The molecule has 0 N–H and O–H groups in total. The van der Waals surface area contributed by atoms with Crippen LogP contribution in [0.25, 0.3) is 38.8 Å². The highest BCUT2D eigenvalue weighted by molar-refractivity contribution is 6.09. The Morgan fingerprint density at radius 3 is 1.47 bits per heavy atom. The lowest BCUT2D eigenvalue weighted by Crippen LogP contribution is -2.35. The first-order chi connectivity index (χ1) is 34.6. The van der Waals surface area contributed by atoms with Gasteiger partial charge >= 0.3 is 0 Å². The van der Waals surface area contributed by atoms with Crippen molar-refractivity contribution in [2.24, 2.45) is 0 Å². The molecule has 370 valence electrons. The van der Waals surface area contributed by atoms with E-state index in [9.17, 15) is 0 Å². The fourth-order valence-corrected chi connectivity index (χ4v) is 10.8. The van der Waals surface area contributed by atoms with Crippen LogP contribution in [0.5, 0.6) is 11.5 Å². The number of para-hydroxylation sites is 1. The first kappa shape index (κ1) is 49.2. The van der Waals surface area contributed by atoms with Crippen LogP contribution in [0, 0.1) is 0 Å². The lowest BCUT2D eigenvalue weighted by molar-refractivity contribution is 0.479. The van der Waals surface area contributed by atoms with Crippen LogP contribution in [0.1, 0.15) is 118 Å². The number of rotatable bonds is 10. The molecule has 0 amide bonds. The minimum atomic E-state index is -0.448. The number of fused-ring (bicyclic) bond motifs is 3. The van der Waals surface area contributed by atoms with Gasteiger partial charge in [0.25, 0.3) is 0 Å². The summed E-state index contributed by atoms with van der Waals surface area (Å²) in [5.41, 5.74) is 14.4. The molecule has 0 saturated carbocycles. The Labute approximate surface area is 434 Å². The second-order valence-electron chi connectivity index (χ2n) is 24.3. The first-order valence-electron chi connectivity index (χ1n) is 26.0. The number of hydrogen-bond acceptors (Lipinski definition) is 4. The second kappa shape index (κ2) is 18.3. The molecule has 0 bridgehead atoms. The van der Waals surface area contributed by atoms with Crippen molar-refractivity contribution in [3.05, 3.63) is 227 Å². The maximum atomic E-state index is 7.20. The van der Waals surface area contributed by atoms with Gasteiger partial charge in [0.1, 0.15) is 17.3 Å². The van der Waals surface area contributed by atoms with Crippen LogP contribution in [-0.4, -0.2) is 16.2 Å². The minimum Gasteiger partial charge on any atom is -0.457 e. The van der Waals surface area contributed by atoms with Gasteiger partial charge in [0, 0.05) is 51.3 Å². The molecule has 73 heavy (non-hydrogen) atoms. The molecule has 5 nitrogen and oxygen atoms in total. The van der Waals surface area contributed by atoms with Crippen LogP contribution in [0.15, 0.2) is 200 Å². The SMILES string of the molecule is CC(C)(C)c1cc(Oc2ccc3c4ccccc4n(-c4cc(C(C)(C)C)ccn4)c3c2)cc(N2CN(c3cc(-c4ccccc4)cc(C(C)(C)C)c3)C(C(C)(C)c3ccccc3)=C2C(C)(C)c2ccccc2)c1. The summed E-state index contributed by atoms with van der Waals surface area (Å²) in [6, 6.07) is 66.6. The van der Waals surface area contributed by atoms with E-state index < -0.39 is 10.8 Å². The molecule has 1 aliphatic heterocycles. The van der Waals surface area contributed by atoms with Crippen molar-refractivity contribution in [2.45, 2.75) is 117 Å². The summed E-state index contributed by atoms with van der Waals surface area (Å²) in [6.45, 7) is 30.8. The molecule has 0 unspecified atom stereocenters. The highest BCUT2D eigenvalue weighted by Crippen LogP contribution is 2.52. The van der Waals surface area contributed by atoms with Crippen molar-refractivity contribution in [2.75, 3.05) is 16.5 Å². The molecule has 0 fully saturated rings. The molecule has 3 heterocycles. The van der Waals surface area contributed by atoms with E-state index in [0.717, 1.165) is 39.4 Å². The number of allylic oxidation sites excluding steroid dienone is 2. The van der Waals surface area contributed by atoms with E-state index in [1.807, 2.05) is 6.20 Å². The standard InChI is InChI=1S/C68H72N4O/c1-64(2,3)50-35-36-69-61(42-50)72-59-32-24-23-31-57(59)58-34-33-55(44-60(58)72)73-56-41-52(66(7,8)9)40-54(43-56)71-45-70(53-38-47(46-25-17-14-18-26-46)37-51(39-53)65(4,5)6)62(67(10,11)48-27-19-15-20-28-48)63(71)68(12,13)49-29-21-16-22-30-49/h14-44H,45H2,1-13H3. The zero-order valence-electron chi connectivity index (χ0n) is 45.3. The van der Waals surface area contributed by atoms with E-state index in [1.54, 1.807) is 0 Å². The molecule has 5 heteroatoms. The predicted octanol–water partition coefficient (Wildman–Crippen LogP) is 18.0. The van der Waals surface area contributed by atoms with Gasteiger partial charge in [-0.3, -0.25) is 4.57 Å². The number of nitrogens with zero attached hydrogens (tertiary/aromatic N) is 4. The van der Waals surface area contributed by atoms with Gasteiger partial charge in [-0.2, -0.15) is 0 Å². The molecular weight excluding hydrogens is 889 g/mol. The fourth-order valence-electron chi connectivity index (χ4n) is 10.8. The summed E-state index contributed by atoms with van der Waals surface area (Å²) in [4.78, 5) is 10.2. The highest BCUT2D eigenvalue weighted by atomic mass is 16.5. The molecular formula is C68H72N4O. The van der Waals surface area contributed by atoms with Crippen LogP contribution in [0.3, 0.4) is 0 Å². The van der Waals surface area contributed by atoms with Crippen LogP contribution in [-0.2, 0) is 27.1 Å². The third kappa shape index (κ3) is 9.35. The molecule has 2 aromatic heterocycles. The molecule has 0 spiro atoms. The summed E-state index contributed by atoms with van der Waals surface area (Å²) in [5, 5.41) is 2.34. The normalized spacial score (nSPS) is 13.9. The number of pyridine rings is 1. The van der Waals surface area contributed by atoms with E-state index in [1.165, 1.54) is 61.4 Å². The topological polar surface area (TPSA) is 33.5 Å². The number of benzene rings is 7. The van der Waals surface area contributed by atoms with E-state index >= 15 is 0 Å². The Kier molecular flexibility index (Phi) is 12.3. The summed E-state index contributed by atoms with van der Waals surface area (Å²) in [5.74, 6) is 2.45. The van der Waals surface area contributed by atoms with Gasteiger partial charge in [-0.05, 0) is 110 Å². The smallest absolute Gasteiger partial charge is 0.137 e. The Hall–Kier alpha value is -7.37. The fraction of sp³-hybridized carbons (Fsp3) is 0.279. The zero-order valence-corrected chi connectivity index (χ0v) is 45.3. The van der Waals surface area contributed by atoms with Crippen molar-refractivity contribution in [1.82, 2.24) is 9.55 Å². The Bertz CT molecular complexity index is 3510. The highest BCUT2D eigenvalue weighted by Gasteiger charge is 2.46. The largest absolute Gasteiger partial charge is 0.457 e. The molecule has 10 rings (SSSR count). The summed E-state index contributed by atoms with van der Waals surface area (Å²) >= 11 is 0.